The fraction of sp³-hybridized carbons (Fsp3) is 0.321. The van der Waals surface area contributed by atoms with Crippen LogP contribution in [0.5, 0.6) is 0 Å². The maximum atomic E-state index is 13.8. The number of aromatic nitrogens is 2. The molecule has 1 saturated heterocycles. The highest BCUT2D eigenvalue weighted by atomic mass is 32.2. The van der Waals surface area contributed by atoms with Gasteiger partial charge in [0.1, 0.15) is 0 Å². The van der Waals surface area contributed by atoms with Crippen molar-refractivity contribution in [2.45, 2.75) is 45.1 Å². The number of hydrogen-bond acceptors (Lipinski definition) is 6. The Balaban J connectivity index is 1.47. The summed E-state index contributed by atoms with van der Waals surface area (Å²) < 4.78 is 28.9. The van der Waals surface area contributed by atoms with Crippen molar-refractivity contribution in [2.24, 2.45) is 5.92 Å². The summed E-state index contributed by atoms with van der Waals surface area (Å²) in [6.45, 7) is 7.54. The smallest absolute Gasteiger partial charge is 0.260 e. The number of piperidine rings is 1. The second kappa shape index (κ2) is 10.3. The van der Waals surface area contributed by atoms with Gasteiger partial charge in [-0.2, -0.15) is 4.31 Å². The molecule has 0 radical (unpaired) electrons. The number of sulfonamides is 1. The van der Waals surface area contributed by atoms with Gasteiger partial charge in [-0.25, -0.2) is 13.4 Å². The third-order valence-corrected chi connectivity index (χ3v) is 9.81. The van der Waals surface area contributed by atoms with Crippen LogP contribution in [0.25, 0.3) is 10.2 Å². The molecule has 1 fully saturated rings. The molecule has 9 heteroatoms. The van der Waals surface area contributed by atoms with Gasteiger partial charge in [-0.3, -0.25) is 14.7 Å². The number of benzene rings is 2. The molecule has 7 nitrogen and oxygen atoms in total. The van der Waals surface area contributed by atoms with E-state index < -0.39 is 10.0 Å². The number of hydrogen-bond donors (Lipinski definition) is 0. The Bertz CT molecular complexity index is 1490. The van der Waals surface area contributed by atoms with Gasteiger partial charge >= 0.3 is 0 Å². The molecule has 0 N–H and O–H groups in total. The largest absolute Gasteiger partial charge is 0.279 e. The van der Waals surface area contributed by atoms with Crippen LogP contribution in [-0.4, -0.2) is 41.7 Å². The number of pyridine rings is 1. The predicted molar refractivity (Wildman–Crippen MR) is 147 cm³/mol. The first-order valence-electron chi connectivity index (χ1n) is 12.4. The normalized spacial score (nSPS) is 16.7. The molecule has 0 saturated carbocycles. The molecule has 1 amide bonds. The van der Waals surface area contributed by atoms with E-state index in [1.54, 1.807) is 33.7 Å². The van der Waals surface area contributed by atoms with Crippen molar-refractivity contribution in [1.82, 2.24) is 14.3 Å². The summed E-state index contributed by atoms with van der Waals surface area (Å²) in [5.41, 5.74) is 4.45. The van der Waals surface area contributed by atoms with Crippen molar-refractivity contribution in [3.63, 3.8) is 0 Å². The van der Waals surface area contributed by atoms with Crippen molar-refractivity contribution in [3.8, 4) is 0 Å². The van der Waals surface area contributed by atoms with Crippen LogP contribution in [0.3, 0.4) is 0 Å². The average molecular weight is 535 g/mol. The Morgan fingerprint density at radius 2 is 1.89 bits per heavy atom. The van der Waals surface area contributed by atoms with Crippen LogP contribution in [-0.2, 0) is 16.6 Å². The molecule has 0 spiro atoms. The first-order valence-corrected chi connectivity index (χ1v) is 14.7. The zero-order valence-corrected chi connectivity index (χ0v) is 22.8. The van der Waals surface area contributed by atoms with Gasteiger partial charge in [-0.15, -0.1) is 0 Å². The topological polar surface area (TPSA) is 83.5 Å². The molecular weight excluding hydrogens is 504 g/mol. The van der Waals surface area contributed by atoms with Crippen molar-refractivity contribution < 1.29 is 13.2 Å². The molecule has 3 heterocycles. The maximum Gasteiger partial charge on any atom is 0.260 e. The minimum atomic E-state index is -3.59. The van der Waals surface area contributed by atoms with Crippen molar-refractivity contribution >= 4 is 42.6 Å². The standard InChI is InChI=1S/C28H30N4O3S2/c1-19-6-5-13-31(17-19)37(34,35)24-10-8-23(9-11-24)27(33)32(18-22-7-4-12-29-16-22)28-30-25-14-20(2)21(3)15-26(25)36-28/h4,7-12,14-16,19H,5-6,13,17-18H2,1-3H3. The van der Waals surface area contributed by atoms with E-state index in [2.05, 4.69) is 24.9 Å². The SMILES string of the molecule is Cc1cc2nc(N(Cc3cccnc3)C(=O)c3ccc(S(=O)(=O)N4CCCC(C)C4)cc3)sc2cc1C. The van der Waals surface area contributed by atoms with Gasteiger partial charge in [0.2, 0.25) is 10.0 Å². The van der Waals surface area contributed by atoms with Crippen LogP contribution in [0, 0.1) is 19.8 Å². The van der Waals surface area contributed by atoms with Crippen LogP contribution < -0.4 is 4.90 Å². The van der Waals surface area contributed by atoms with Gasteiger partial charge in [0.15, 0.2) is 5.13 Å². The van der Waals surface area contributed by atoms with Gasteiger partial charge in [-0.1, -0.05) is 24.3 Å². The van der Waals surface area contributed by atoms with Crippen molar-refractivity contribution in [3.05, 3.63) is 83.2 Å². The van der Waals surface area contributed by atoms with Crippen LogP contribution in [0.4, 0.5) is 5.13 Å². The van der Waals surface area contributed by atoms with Gasteiger partial charge in [0.25, 0.3) is 5.91 Å². The Morgan fingerprint density at radius 1 is 1.14 bits per heavy atom. The highest BCUT2D eigenvalue weighted by molar-refractivity contribution is 7.89. The number of carbonyl (C=O) groups is 1. The number of anilines is 1. The fourth-order valence-electron chi connectivity index (χ4n) is 4.62. The Kier molecular flexibility index (Phi) is 7.11. The maximum absolute atomic E-state index is 13.8. The summed E-state index contributed by atoms with van der Waals surface area (Å²) in [4.78, 5) is 24.6. The monoisotopic (exact) mass is 534 g/mol. The zero-order chi connectivity index (χ0) is 26.2. The van der Waals surface area contributed by atoms with E-state index in [4.69, 9.17) is 4.98 Å². The number of carbonyl (C=O) groups excluding carboxylic acids is 1. The van der Waals surface area contributed by atoms with Gasteiger partial charge in [-0.05, 0) is 91.8 Å². The first-order chi connectivity index (χ1) is 17.7. The van der Waals surface area contributed by atoms with E-state index >= 15 is 0 Å². The summed E-state index contributed by atoms with van der Waals surface area (Å²) >= 11 is 1.47. The Labute approximate surface area is 221 Å². The lowest BCUT2D eigenvalue weighted by atomic mass is 10.0. The van der Waals surface area contributed by atoms with E-state index in [1.807, 2.05) is 25.1 Å². The number of amides is 1. The highest BCUT2D eigenvalue weighted by Crippen LogP contribution is 2.33. The summed E-state index contributed by atoms with van der Waals surface area (Å²) in [5.74, 6) is 0.0960. The number of thiazole rings is 1. The average Bonchev–Trinajstić information content (AvgIpc) is 3.30. The van der Waals surface area contributed by atoms with Gasteiger partial charge < -0.3 is 0 Å². The van der Waals surface area contributed by atoms with Crippen molar-refractivity contribution in [2.75, 3.05) is 18.0 Å². The lowest BCUT2D eigenvalue weighted by molar-refractivity contribution is 0.0985. The molecule has 4 aromatic rings. The predicted octanol–water partition coefficient (Wildman–Crippen LogP) is 5.58. The third-order valence-electron chi connectivity index (χ3n) is 6.89. The molecule has 1 unspecified atom stereocenters. The van der Waals surface area contributed by atoms with E-state index in [-0.39, 0.29) is 10.8 Å². The quantitative estimate of drug-likeness (QED) is 0.323. The molecule has 1 aliphatic rings. The minimum Gasteiger partial charge on any atom is -0.279 e. The number of fused-ring (bicyclic) bond motifs is 1. The second-order valence-electron chi connectivity index (χ2n) is 9.79. The Morgan fingerprint density at radius 3 is 2.59 bits per heavy atom. The molecule has 1 aliphatic heterocycles. The molecule has 2 aromatic carbocycles. The molecule has 0 aliphatic carbocycles. The molecule has 5 rings (SSSR count). The minimum absolute atomic E-state index is 0.211. The Hall–Kier alpha value is -3.14. The summed E-state index contributed by atoms with van der Waals surface area (Å²) in [5, 5.41) is 0.591. The van der Waals surface area contributed by atoms with E-state index in [9.17, 15) is 13.2 Å². The molecule has 37 heavy (non-hydrogen) atoms. The summed E-state index contributed by atoms with van der Waals surface area (Å²) in [6, 6.07) is 14.2. The van der Waals surface area contributed by atoms with Crippen LogP contribution >= 0.6 is 11.3 Å². The molecule has 2 aromatic heterocycles. The molecule has 0 bridgehead atoms. The number of aryl methyl sites for hydroxylation is 2. The van der Waals surface area contributed by atoms with Crippen LogP contribution in [0.1, 0.15) is 46.8 Å². The molecular formula is C28H30N4O3S2. The third kappa shape index (κ3) is 5.30. The lowest BCUT2D eigenvalue weighted by Crippen LogP contribution is -2.39. The summed E-state index contributed by atoms with van der Waals surface area (Å²) in [7, 11) is -3.59. The van der Waals surface area contributed by atoms with E-state index in [0.717, 1.165) is 34.2 Å². The number of nitrogens with zero attached hydrogens (tertiary/aromatic N) is 4. The lowest BCUT2D eigenvalue weighted by Gasteiger charge is -2.30. The van der Waals surface area contributed by atoms with Crippen molar-refractivity contribution in [1.29, 1.82) is 0 Å². The van der Waals surface area contributed by atoms with Gasteiger partial charge in [0, 0.05) is 31.0 Å². The van der Waals surface area contributed by atoms with Crippen LogP contribution in [0.2, 0.25) is 0 Å². The zero-order valence-electron chi connectivity index (χ0n) is 21.2. The second-order valence-corrected chi connectivity index (χ2v) is 12.7. The number of rotatable bonds is 6. The summed E-state index contributed by atoms with van der Waals surface area (Å²) in [6.07, 6.45) is 5.33. The van der Waals surface area contributed by atoms with Crippen LogP contribution in [0.15, 0.2) is 65.8 Å². The molecule has 192 valence electrons. The fourth-order valence-corrected chi connectivity index (χ4v) is 7.26. The van der Waals surface area contributed by atoms with E-state index in [1.165, 1.54) is 29.0 Å². The highest BCUT2D eigenvalue weighted by Gasteiger charge is 2.29. The first kappa shape index (κ1) is 25.5. The molecule has 1 atom stereocenters. The van der Waals surface area contributed by atoms with E-state index in [0.29, 0.717) is 36.2 Å². The van der Waals surface area contributed by atoms with Gasteiger partial charge in [0.05, 0.1) is 21.7 Å².